The molecule has 1 atom stereocenters. The second kappa shape index (κ2) is 10.7. The average Bonchev–Trinajstić information content (AvgIpc) is 2.96. The summed E-state index contributed by atoms with van der Waals surface area (Å²) in [5.41, 5.74) is 7.69. The fourth-order valence-corrected chi connectivity index (χ4v) is 3.86. The van der Waals surface area contributed by atoms with Crippen molar-refractivity contribution >= 4 is 23.8 Å². The molecule has 1 aromatic heterocycles. The van der Waals surface area contributed by atoms with Gasteiger partial charge in [-0.2, -0.15) is 4.39 Å². The third-order valence-electron chi connectivity index (χ3n) is 5.92. The quantitative estimate of drug-likeness (QED) is 0.337. The molecule has 10 heteroatoms. The lowest BCUT2D eigenvalue weighted by Crippen LogP contribution is -2.48. The number of nitrogens with one attached hydrogen (secondary N) is 1. The number of allylic oxidation sites excluding steroid dienone is 1. The molecule has 186 valence electrons. The lowest BCUT2D eigenvalue weighted by molar-refractivity contribution is -0.140. The minimum Gasteiger partial charge on any atom is -0.404 e. The van der Waals surface area contributed by atoms with Crippen LogP contribution < -0.4 is 16.0 Å². The van der Waals surface area contributed by atoms with Crippen LogP contribution in [0.1, 0.15) is 23.2 Å². The monoisotopic (exact) mass is 491 g/mol. The lowest BCUT2D eigenvalue weighted by Gasteiger charge is -2.30. The van der Waals surface area contributed by atoms with E-state index in [-0.39, 0.29) is 25.5 Å². The van der Waals surface area contributed by atoms with E-state index in [2.05, 4.69) is 27.1 Å². The normalized spacial score (nSPS) is 19.1. The Morgan fingerprint density at radius 1 is 1.42 bits per heavy atom. The second-order valence-electron chi connectivity index (χ2n) is 8.68. The van der Waals surface area contributed by atoms with Crippen LogP contribution in [-0.2, 0) is 22.4 Å². The van der Waals surface area contributed by atoms with Crippen LogP contribution in [0.3, 0.4) is 0 Å². The van der Waals surface area contributed by atoms with Crippen LogP contribution in [0, 0.1) is 17.8 Å². The fraction of sp³-hybridized carbons (Fsp3) is 0.308. The van der Waals surface area contributed by atoms with Crippen molar-refractivity contribution in [1.29, 1.82) is 0 Å². The summed E-state index contributed by atoms with van der Waals surface area (Å²) in [6, 6.07) is 8.47. The summed E-state index contributed by atoms with van der Waals surface area (Å²) in [7, 11) is 1.64. The molecule has 2 aliphatic heterocycles. The number of hydrogen-bond donors (Lipinski definition) is 3. The molecule has 2 aliphatic rings. The van der Waals surface area contributed by atoms with E-state index in [1.54, 1.807) is 19.2 Å². The number of nitrogens with zero attached hydrogens (tertiary/aromatic N) is 3. The first-order valence-electron chi connectivity index (χ1n) is 11.4. The number of aromatic nitrogens is 1. The van der Waals surface area contributed by atoms with Gasteiger partial charge < -0.3 is 25.8 Å². The van der Waals surface area contributed by atoms with E-state index in [4.69, 9.17) is 10.5 Å². The summed E-state index contributed by atoms with van der Waals surface area (Å²) in [6.45, 7) is 0.356. The lowest BCUT2D eigenvalue weighted by atomic mass is 10.0. The summed E-state index contributed by atoms with van der Waals surface area (Å²) in [4.78, 5) is 34.7. The number of benzene rings is 1. The molecule has 1 unspecified atom stereocenters. The first kappa shape index (κ1) is 25.0. The minimum atomic E-state index is -1.13. The Balaban J connectivity index is 1.40. The van der Waals surface area contributed by atoms with Gasteiger partial charge in [-0.3, -0.25) is 4.79 Å². The Morgan fingerprint density at radius 3 is 2.92 bits per heavy atom. The molecule has 0 bridgehead atoms. The van der Waals surface area contributed by atoms with Crippen molar-refractivity contribution in [3.05, 3.63) is 70.9 Å². The maximum Gasteiger partial charge on any atom is 0.341 e. The highest BCUT2D eigenvalue weighted by Crippen LogP contribution is 2.27. The molecule has 0 spiro atoms. The molecule has 0 saturated carbocycles. The zero-order chi connectivity index (χ0) is 25.7. The van der Waals surface area contributed by atoms with Gasteiger partial charge in [-0.1, -0.05) is 24.0 Å². The number of carbonyl (C=O) groups is 2. The summed E-state index contributed by atoms with van der Waals surface area (Å²) in [6.07, 6.45) is 3.69. The number of rotatable bonds is 4. The number of ether oxygens (including phenoxy) is 1. The van der Waals surface area contributed by atoms with Gasteiger partial charge in [0.1, 0.15) is 6.04 Å². The number of aryl methyl sites for hydroxylation is 1. The van der Waals surface area contributed by atoms with Gasteiger partial charge in [0, 0.05) is 36.6 Å². The molecule has 3 heterocycles. The molecular weight excluding hydrogens is 465 g/mol. The topological polar surface area (TPSA) is 130 Å². The van der Waals surface area contributed by atoms with Crippen LogP contribution in [0.5, 0.6) is 0 Å². The highest BCUT2D eigenvalue weighted by atomic mass is 19.1. The van der Waals surface area contributed by atoms with Gasteiger partial charge >= 0.3 is 6.03 Å². The van der Waals surface area contributed by atoms with Gasteiger partial charge in [0.2, 0.25) is 11.9 Å². The number of amides is 3. The Labute approximate surface area is 207 Å². The Bertz CT molecular complexity index is 1290. The van der Waals surface area contributed by atoms with E-state index < -0.39 is 23.6 Å². The highest BCUT2D eigenvalue weighted by Gasteiger charge is 2.34. The molecule has 0 radical (unpaired) electrons. The van der Waals surface area contributed by atoms with Gasteiger partial charge in [-0.25, -0.2) is 14.8 Å². The molecule has 2 aromatic rings. The Morgan fingerprint density at radius 2 is 2.22 bits per heavy atom. The molecule has 1 saturated heterocycles. The molecule has 4 rings (SSSR count). The summed E-state index contributed by atoms with van der Waals surface area (Å²) >= 11 is 0. The van der Waals surface area contributed by atoms with Crippen molar-refractivity contribution in [3.8, 4) is 11.8 Å². The van der Waals surface area contributed by atoms with E-state index in [1.807, 2.05) is 12.1 Å². The number of halogens is 1. The van der Waals surface area contributed by atoms with Crippen molar-refractivity contribution < 1.29 is 23.8 Å². The SMILES string of the molecule is CN1C(=O)C(NC(=O)/N=C/C(=C\N)Cc2cccc(F)n2)CCc2ccc(C#CC3(O)COC3)cc21. The van der Waals surface area contributed by atoms with E-state index in [1.165, 1.54) is 29.4 Å². The molecule has 4 N–H and O–H groups in total. The predicted molar refractivity (Wildman–Crippen MR) is 132 cm³/mol. The fourth-order valence-electron chi connectivity index (χ4n) is 3.86. The minimum absolute atomic E-state index is 0.178. The average molecular weight is 492 g/mol. The number of aliphatic imine (C=N–C) groups is 1. The van der Waals surface area contributed by atoms with Crippen molar-refractivity contribution in [2.75, 3.05) is 25.2 Å². The summed E-state index contributed by atoms with van der Waals surface area (Å²) in [5, 5.41) is 12.8. The van der Waals surface area contributed by atoms with E-state index in [0.717, 1.165) is 5.56 Å². The van der Waals surface area contributed by atoms with E-state index in [0.29, 0.717) is 35.4 Å². The van der Waals surface area contributed by atoms with Crippen molar-refractivity contribution in [2.45, 2.75) is 30.9 Å². The molecule has 3 amide bonds. The third kappa shape index (κ3) is 5.94. The van der Waals surface area contributed by atoms with Crippen molar-refractivity contribution in [3.63, 3.8) is 0 Å². The maximum absolute atomic E-state index is 13.3. The number of anilines is 1. The number of urea groups is 1. The van der Waals surface area contributed by atoms with Gasteiger partial charge in [0.05, 0.1) is 13.2 Å². The number of carbonyl (C=O) groups excluding carboxylic acids is 2. The first-order valence-corrected chi connectivity index (χ1v) is 11.4. The smallest absolute Gasteiger partial charge is 0.341 e. The molecule has 36 heavy (non-hydrogen) atoms. The maximum atomic E-state index is 13.3. The van der Waals surface area contributed by atoms with Gasteiger partial charge in [-0.15, -0.1) is 0 Å². The number of likely N-dealkylation sites (N-methyl/N-ethyl adjacent to an activating group) is 1. The summed E-state index contributed by atoms with van der Waals surface area (Å²) < 4.78 is 18.3. The number of aliphatic hydroxyl groups is 1. The van der Waals surface area contributed by atoms with Crippen LogP contribution in [0.2, 0.25) is 0 Å². The van der Waals surface area contributed by atoms with Crippen molar-refractivity contribution in [1.82, 2.24) is 10.3 Å². The number of pyridine rings is 1. The summed E-state index contributed by atoms with van der Waals surface area (Å²) in [5.74, 6) is 4.85. The third-order valence-corrected chi connectivity index (χ3v) is 5.92. The predicted octanol–water partition coefficient (Wildman–Crippen LogP) is 1.48. The molecule has 9 nitrogen and oxygen atoms in total. The molecular formula is C26H26FN5O4. The standard InChI is InChI=1S/C26H26FN5O4/c1-32-22-12-17(9-10-26(35)15-36-16-26)5-6-19(22)7-8-21(24(32)33)31-25(34)29-14-18(13-28)11-20-3-2-4-23(27)30-20/h2-6,12-14,21,35H,7-8,11,15-16,28H2,1H3,(H,31,34)/b18-13-,29-14+. The molecule has 1 fully saturated rings. The molecule has 1 aromatic carbocycles. The highest BCUT2D eigenvalue weighted by molar-refractivity contribution is 6.01. The van der Waals surface area contributed by atoms with Crippen LogP contribution >= 0.6 is 0 Å². The van der Waals surface area contributed by atoms with Crippen LogP contribution in [-0.4, -0.2) is 60.1 Å². The number of fused-ring (bicyclic) bond motifs is 1. The Kier molecular flexibility index (Phi) is 7.43. The van der Waals surface area contributed by atoms with Crippen molar-refractivity contribution in [2.24, 2.45) is 10.7 Å². The Hall–Kier alpha value is -4.07. The second-order valence-corrected chi connectivity index (χ2v) is 8.68. The van der Waals surface area contributed by atoms with Crippen LogP contribution in [0.15, 0.2) is 53.2 Å². The molecule has 0 aliphatic carbocycles. The number of hydrogen-bond acceptors (Lipinski definition) is 6. The van der Waals surface area contributed by atoms with Crippen LogP contribution in [0.4, 0.5) is 14.9 Å². The first-order chi connectivity index (χ1) is 17.3. The zero-order valence-corrected chi connectivity index (χ0v) is 19.7. The van der Waals surface area contributed by atoms with E-state index >= 15 is 0 Å². The number of nitrogens with two attached hydrogens (primary N) is 1. The van der Waals surface area contributed by atoms with E-state index in [9.17, 15) is 19.1 Å². The largest absolute Gasteiger partial charge is 0.404 e. The van der Waals surface area contributed by atoms with Crippen LogP contribution in [0.25, 0.3) is 0 Å². The zero-order valence-electron chi connectivity index (χ0n) is 19.7. The van der Waals surface area contributed by atoms with Gasteiger partial charge in [-0.05, 0) is 54.4 Å². The van der Waals surface area contributed by atoms with Gasteiger partial charge in [0.15, 0.2) is 5.60 Å². The van der Waals surface area contributed by atoms with Gasteiger partial charge in [0.25, 0.3) is 0 Å².